The van der Waals surface area contributed by atoms with Gasteiger partial charge in [0.25, 0.3) is 5.56 Å². The lowest BCUT2D eigenvalue weighted by Crippen LogP contribution is -2.29. The number of ether oxygens (including phenoxy) is 2. The molecule has 0 radical (unpaired) electrons. The van der Waals surface area contributed by atoms with Crippen molar-refractivity contribution in [3.05, 3.63) is 50.9 Å². The zero-order chi connectivity index (χ0) is 17.6. The van der Waals surface area contributed by atoms with Crippen molar-refractivity contribution in [1.82, 2.24) is 10.2 Å². The number of carbonyl (C=O) groups is 1. The minimum Gasteiger partial charge on any atom is -0.497 e. The number of methoxy groups -OCH3 is 2. The lowest BCUT2D eigenvalue weighted by molar-refractivity contribution is -0.116. The zero-order valence-corrected chi connectivity index (χ0v) is 14.1. The lowest BCUT2D eigenvalue weighted by Gasteiger charge is -2.32. The Morgan fingerprint density at radius 3 is 2.68 bits per heavy atom. The first-order valence-electron chi connectivity index (χ1n) is 8.19. The molecule has 25 heavy (non-hydrogen) atoms. The highest BCUT2D eigenvalue weighted by molar-refractivity contribution is 6.01. The van der Waals surface area contributed by atoms with Gasteiger partial charge < -0.3 is 14.8 Å². The SMILES string of the molecule is COc1ccc(OC)c(C2C3=C(CCCC3=O)Nc3[nH][nH]c(=O)c32)c1. The van der Waals surface area contributed by atoms with E-state index in [0.29, 0.717) is 34.9 Å². The number of rotatable bonds is 3. The minimum atomic E-state index is -0.487. The Morgan fingerprint density at radius 1 is 1.08 bits per heavy atom. The van der Waals surface area contributed by atoms with Crippen molar-refractivity contribution < 1.29 is 14.3 Å². The van der Waals surface area contributed by atoms with Crippen LogP contribution in [-0.2, 0) is 4.79 Å². The van der Waals surface area contributed by atoms with Crippen LogP contribution < -0.4 is 20.3 Å². The molecule has 1 unspecified atom stereocenters. The Bertz CT molecular complexity index is 938. The molecule has 1 aromatic heterocycles. The predicted molar refractivity (Wildman–Crippen MR) is 92.3 cm³/mol. The molecule has 1 atom stereocenters. The molecule has 0 saturated carbocycles. The maximum Gasteiger partial charge on any atom is 0.270 e. The van der Waals surface area contributed by atoms with Crippen molar-refractivity contribution in [2.24, 2.45) is 0 Å². The number of benzene rings is 1. The number of nitrogens with one attached hydrogen (secondary N) is 3. The largest absolute Gasteiger partial charge is 0.497 e. The third kappa shape index (κ3) is 2.34. The number of hydrogen-bond acceptors (Lipinski definition) is 5. The van der Waals surface area contributed by atoms with Crippen molar-refractivity contribution in [2.45, 2.75) is 25.2 Å². The van der Waals surface area contributed by atoms with E-state index in [0.717, 1.165) is 24.1 Å². The second kappa shape index (κ2) is 5.84. The fraction of sp³-hybridized carbons (Fsp3) is 0.333. The number of Topliss-reactive ketones (excluding diaryl/α,β-unsaturated/α-hetero) is 1. The molecular weight excluding hydrogens is 322 g/mol. The van der Waals surface area contributed by atoms with Crippen LogP contribution in [0.15, 0.2) is 34.3 Å². The van der Waals surface area contributed by atoms with Gasteiger partial charge in [0.2, 0.25) is 0 Å². The number of carbonyl (C=O) groups excluding carboxylic acids is 1. The summed E-state index contributed by atoms with van der Waals surface area (Å²) in [5.74, 6) is 1.44. The summed E-state index contributed by atoms with van der Waals surface area (Å²) in [6, 6.07) is 5.42. The first-order valence-corrected chi connectivity index (χ1v) is 8.19. The van der Waals surface area contributed by atoms with E-state index >= 15 is 0 Å². The molecule has 7 heteroatoms. The predicted octanol–water partition coefficient (Wildman–Crippen LogP) is 2.28. The van der Waals surface area contributed by atoms with Gasteiger partial charge in [-0.25, -0.2) is 0 Å². The van der Waals surface area contributed by atoms with Gasteiger partial charge >= 0.3 is 0 Å². The van der Waals surface area contributed by atoms with E-state index in [4.69, 9.17) is 9.47 Å². The van der Waals surface area contributed by atoms with E-state index < -0.39 is 5.92 Å². The summed E-state index contributed by atoms with van der Waals surface area (Å²) in [5.41, 5.74) is 2.52. The fourth-order valence-electron chi connectivity index (χ4n) is 3.74. The van der Waals surface area contributed by atoms with E-state index in [1.54, 1.807) is 26.4 Å². The van der Waals surface area contributed by atoms with E-state index in [1.807, 2.05) is 6.07 Å². The molecule has 0 fully saturated rings. The summed E-state index contributed by atoms with van der Waals surface area (Å²) in [6.07, 6.45) is 2.06. The van der Waals surface area contributed by atoms with Crippen LogP contribution in [0.4, 0.5) is 5.82 Å². The summed E-state index contributed by atoms with van der Waals surface area (Å²) in [7, 11) is 3.16. The Balaban J connectivity index is 2.00. The molecule has 4 rings (SSSR count). The van der Waals surface area contributed by atoms with Crippen LogP contribution >= 0.6 is 0 Å². The number of hydrogen-bond donors (Lipinski definition) is 3. The van der Waals surface area contributed by atoms with Gasteiger partial charge in [0, 0.05) is 23.3 Å². The number of H-pyrrole nitrogens is 2. The Hall–Kier alpha value is -2.96. The van der Waals surface area contributed by atoms with Gasteiger partial charge in [0.1, 0.15) is 17.3 Å². The second-order valence-corrected chi connectivity index (χ2v) is 6.20. The Labute approximate surface area is 144 Å². The van der Waals surface area contributed by atoms with Crippen LogP contribution in [0.2, 0.25) is 0 Å². The molecule has 0 bridgehead atoms. The molecule has 1 aliphatic carbocycles. The maximum absolute atomic E-state index is 12.7. The molecule has 2 aromatic rings. The maximum atomic E-state index is 12.7. The molecule has 1 aromatic carbocycles. The lowest BCUT2D eigenvalue weighted by atomic mass is 9.76. The highest BCUT2D eigenvalue weighted by Gasteiger charge is 2.39. The highest BCUT2D eigenvalue weighted by atomic mass is 16.5. The van der Waals surface area contributed by atoms with Crippen LogP contribution in [0.25, 0.3) is 0 Å². The van der Waals surface area contributed by atoms with Crippen LogP contribution in [0, 0.1) is 0 Å². The molecule has 7 nitrogen and oxygen atoms in total. The average Bonchev–Trinajstić information content (AvgIpc) is 3.00. The van der Waals surface area contributed by atoms with Gasteiger partial charge in [0.15, 0.2) is 5.78 Å². The smallest absolute Gasteiger partial charge is 0.270 e. The van der Waals surface area contributed by atoms with Gasteiger partial charge in [-0.1, -0.05) is 0 Å². The quantitative estimate of drug-likeness (QED) is 0.796. The molecule has 0 amide bonds. The molecule has 2 heterocycles. The standard InChI is InChI=1S/C18H19N3O4/c1-24-9-6-7-13(25-2)10(8-9)14-15-11(4-3-5-12(15)22)19-17-16(14)18(23)21-20-17/h6-8,14H,3-5H2,1-2H3,(H3,19,20,21,23). The Kier molecular flexibility index (Phi) is 3.63. The molecule has 130 valence electrons. The van der Waals surface area contributed by atoms with E-state index in [2.05, 4.69) is 15.5 Å². The third-order valence-corrected chi connectivity index (χ3v) is 4.87. The molecule has 2 aliphatic rings. The van der Waals surface area contributed by atoms with Crippen molar-refractivity contribution in [3.8, 4) is 11.5 Å². The van der Waals surface area contributed by atoms with Crippen LogP contribution in [-0.4, -0.2) is 30.2 Å². The monoisotopic (exact) mass is 341 g/mol. The van der Waals surface area contributed by atoms with Gasteiger partial charge in [-0.05, 0) is 31.0 Å². The second-order valence-electron chi connectivity index (χ2n) is 6.20. The van der Waals surface area contributed by atoms with Crippen LogP contribution in [0.3, 0.4) is 0 Å². The number of fused-ring (bicyclic) bond motifs is 1. The summed E-state index contributed by atoms with van der Waals surface area (Å²) in [6.45, 7) is 0. The highest BCUT2D eigenvalue weighted by Crippen LogP contribution is 2.46. The molecule has 0 spiro atoms. The van der Waals surface area contributed by atoms with Gasteiger partial charge in [0.05, 0.1) is 25.7 Å². The third-order valence-electron chi connectivity index (χ3n) is 4.87. The van der Waals surface area contributed by atoms with Crippen molar-refractivity contribution in [1.29, 1.82) is 0 Å². The van der Waals surface area contributed by atoms with Crippen molar-refractivity contribution >= 4 is 11.6 Å². The topological polar surface area (TPSA) is 96.2 Å². The molecular formula is C18H19N3O4. The molecule has 1 aliphatic heterocycles. The Morgan fingerprint density at radius 2 is 1.92 bits per heavy atom. The van der Waals surface area contributed by atoms with E-state index in [-0.39, 0.29) is 11.3 Å². The number of ketones is 1. The normalized spacial score (nSPS) is 19.1. The fourth-order valence-corrected chi connectivity index (χ4v) is 3.74. The summed E-state index contributed by atoms with van der Waals surface area (Å²) in [4.78, 5) is 25.2. The van der Waals surface area contributed by atoms with E-state index in [9.17, 15) is 9.59 Å². The van der Waals surface area contributed by atoms with E-state index in [1.165, 1.54) is 0 Å². The van der Waals surface area contributed by atoms with Crippen molar-refractivity contribution in [2.75, 3.05) is 19.5 Å². The summed E-state index contributed by atoms with van der Waals surface area (Å²) in [5, 5.41) is 8.71. The number of allylic oxidation sites excluding steroid dienone is 2. The minimum absolute atomic E-state index is 0.0647. The van der Waals surface area contributed by atoms with Gasteiger partial charge in [-0.15, -0.1) is 0 Å². The number of aromatic amines is 2. The summed E-state index contributed by atoms with van der Waals surface area (Å²) < 4.78 is 10.9. The van der Waals surface area contributed by atoms with Crippen LogP contribution in [0.5, 0.6) is 11.5 Å². The average molecular weight is 341 g/mol. The first kappa shape index (κ1) is 15.6. The summed E-state index contributed by atoms with van der Waals surface area (Å²) >= 11 is 0. The van der Waals surface area contributed by atoms with Gasteiger partial charge in [-0.2, -0.15) is 0 Å². The van der Waals surface area contributed by atoms with Crippen molar-refractivity contribution in [3.63, 3.8) is 0 Å². The first-order chi connectivity index (χ1) is 12.1. The number of aromatic nitrogens is 2. The molecule has 3 N–H and O–H groups in total. The molecule has 0 saturated heterocycles. The van der Waals surface area contributed by atoms with Crippen LogP contribution in [0.1, 0.15) is 36.3 Å². The van der Waals surface area contributed by atoms with Gasteiger partial charge in [-0.3, -0.25) is 19.8 Å². The zero-order valence-electron chi connectivity index (χ0n) is 14.1. The number of anilines is 1.